The summed E-state index contributed by atoms with van der Waals surface area (Å²) in [5.74, 6) is -0.0464. The van der Waals surface area contributed by atoms with Crippen LogP contribution < -0.4 is 11.1 Å². The van der Waals surface area contributed by atoms with Gasteiger partial charge in [0.1, 0.15) is 25.2 Å². The van der Waals surface area contributed by atoms with E-state index in [9.17, 15) is 4.79 Å². The number of allylic oxidation sites excluding steroid dienone is 1. The van der Waals surface area contributed by atoms with Gasteiger partial charge in [0.2, 0.25) is 0 Å². The fourth-order valence-corrected chi connectivity index (χ4v) is 6.79. The summed E-state index contributed by atoms with van der Waals surface area (Å²) in [6.45, 7) is 4.77. The minimum absolute atomic E-state index is 0.116. The quantitative estimate of drug-likeness (QED) is 0.338. The molecule has 38 heavy (non-hydrogen) atoms. The molecule has 6 rings (SSSR count). The van der Waals surface area contributed by atoms with E-state index in [1.54, 1.807) is 6.20 Å². The van der Waals surface area contributed by atoms with E-state index in [1.807, 2.05) is 49.7 Å². The zero-order chi connectivity index (χ0) is 26.1. The molecule has 1 atom stereocenters. The summed E-state index contributed by atoms with van der Waals surface area (Å²) in [7, 11) is 0. The maximum absolute atomic E-state index is 13.3. The molecule has 3 N–H and O–H groups in total. The first-order valence-corrected chi connectivity index (χ1v) is 14.5. The number of piperidine rings is 1. The Morgan fingerprint density at radius 1 is 1.18 bits per heavy atom. The van der Waals surface area contributed by atoms with Gasteiger partial charge in [-0.2, -0.15) is 0 Å². The fourth-order valence-electron chi connectivity index (χ4n) is 4.83. The standard InChI is InChI=1S/C28H29N7OS2/c1-17-24(37-26(32-17)19-5-4-10-30-15-19)25(36)33-22-7-3-2-6-21(22)27-34-23-13-18(14-31-28(23)38-27)16-35-11-8-20(29)9-12-35/h2-4,6-7,10,13-15,19-20H,5,8-9,11-12,16,29H2,1H3,(H,33,36). The van der Waals surface area contributed by atoms with Gasteiger partial charge < -0.3 is 11.1 Å². The second-order valence-corrected chi connectivity index (χ2v) is 11.8. The Kier molecular flexibility index (Phi) is 7.12. The van der Waals surface area contributed by atoms with Gasteiger partial charge in [0.15, 0.2) is 0 Å². The number of nitrogens with zero attached hydrogens (tertiary/aromatic N) is 5. The summed E-state index contributed by atoms with van der Waals surface area (Å²) in [4.78, 5) is 35.7. The third kappa shape index (κ3) is 5.30. The second kappa shape index (κ2) is 10.8. The van der Waals surface area contributed by atoms with Gasteiger partial charge in [0.05, 0.1) is 11.4 Å². The van der Waals surface area contributed by atoms with Crippen molar-refractivity contribution in [2.24, 2.45) is 10.7 Å². The largest absolute Gasteiger partial charge is 0.328 e. The number of hydrogen-bond donors (Lipinski definition) is 2. The minimum atomic E-state index is -0.162. The zero-order valence-corrected chi connectivity index (χ0v) is 22.8. The van der Waals surface area contributed by atoms with Crippen LogP contribution in [0.1, 0.15) is 51.1 Å². The number of carbonyl (C=O) groups excluding carboxylic acids is 1. The Bertz CT molecular complexity index is 1530. The molecule has 0 saturated carbocycles. The first-order chi connectivity index (χ1) is 18.5. The van der Waals surface area contributed by atoms with Gasteiger partial charge in [0.25, 0.3) is 5.91 Å². The number of anilines is 1. The number of carbonyl (C=O) groups is 1. The van der Waals surface area contributed by atoms with E-state index in [2.05, 4.69) is 26.3 Å². The predicted molar refractivity (Wildman–Crippen MR) is 155 cm³/mol. The third-order valence-electron chi connectivity index (χ3n) is 6.93. The number of amides is 1. The Labute approximate surface area is 229 Å². The monoisotopic (exact) mass is 543 g/mol. The van der Waals surface area contributed by atoms with Gasteiger partial charge in [-0.15, -0.1) is 11.3 Å². The second-order valence-electron chi connectivity index (χ2n) is 9.79. The molecule has 0 radical (unpaired) electrons. The van der Waals surface area contributed by atoms with Crippen molar-refractivity contribution in [2.45, 2.75) is 44.7 Å². The van der Waals surface area contributed by atoms with Crippen LogP contribution >= 0.6 is 22.7 Å². The molecule has 2 aliphatic rings. The van der Waals surface area contributed by atoms with E-state index in [0.29, 0.717) is 10.9 Å². The molecule has 0 spiro atoms. The van der Waals surface area contributed by atoms with Crippen LogP contribution in [0.5, 0.6) is 0 Å². The number of aromatic nitrogens is 3. The lowest BCUT2D eigenvalue weighted by Gasteiger charge is -2.29. The molecule has 5 heterocycles. The number of aryl methyl sites for hydroxylation is 1. The molecule has 194 valence electrons. The maximum atomic E-state index is 13.3. The van der Waals surface area contributed by atoms with Crippen molar-refractivity contribution in [3.8, 4) is 10.6 Å². The summed E-state index contributed by atoms with van der Waals surface area (Å²) in [5.41, 5.74) is 10.4. The molecule has 10 heteroatoms. The highest BCUT2D eigenvalue weighted by Crippen LogP contribution is 2.35. The van der Waals surface area contributed by atoms with E-state index in [0.717, 1.165) is 81.8 Å². The lowest BCUT2D eigenvalue weighted by Crippen LogP contribution is -2.39. The maximum Gasteiger partial charge on any atom is 0.267 e. The van der Waals surface area contributed by atoms with E-state index < -0.39 is 0 Å². The average Bonchev–Trinajstić information content (AvgIpc) is 3.54. The Morgan fingerprint density at radius 2 is 2.03 bits per heavy atom. The molecule has 1 saturated heterocycles. The molecule has 8 nitrogen and oxygen atoms in total. The van der Waals surface area contributed by atoms with Crippen LogP contribution in [0.25, 0.3) is 20.9 Å². The number of aliphatic imine (C=N–C) groups is 1. The van der Waals surface area contributed by atoms with Crippen LogP contribution in [-0.2, 0) is 6.54 Å². The predicted octanol–water partition coefficient (Wildman–Crippen LogP) is 5.37. The Hall–Kier alpha value is -3.31. The zero-order valence-electron chi connectivity index (χ0n) is 21.1. The molecule has 0 bridgehead atoms. The van der Waals surface area contributed by atoms with Crippen molar-refractivity contribution in [1.82, 2.24) is 19.9 Å². The van der Waals surface area contributed by atoms with Gasteiger partial charge in [-0.25, -0.2) is 15.0 Å². The number of para-hydroxylation sites is 1. The number of benzene rings is 1. The normalized spacial score (nSPS) is 18.3. The molecule has 4 aromatic rings. The molecular weight excluding hydrogens is 514 g/mol. The third-order valence-corrected chi connectivity index (χ3v) is 9.23. The molecule has 3 aromatic heterocycles. The summed E-state index contributed by atoms with van der Waals surface area (Å²) in [6, 6.07) is 10.2. The van der Waals surface area contributed by atoms with Crippen molar-refractivity contribution >= 4 is 50.8 Å². The van der Waals surface area contributed by atoms with Gasteiger partial charge in [-0.3, -0.25) is 14.7 Å². The number of hydrogen-bond acceptors (Lipinski definition) is 9. The van der Waals surface area contributed by atoms with Gasteiger partial charge in [0, 0.05) is 42.7 Å². The molecule has 0 aliphatic carbocycles. The lowest BCUT2D eigenvalue weighted by atomic mass is 10.1. The van der Waals surface area contributed by atoms with Crippen LogP contribution in [0, 0.1) is 6.92 Å². The molecule has 1 amide bonds. The highest BCUT2D eigenvalue weighted by molar-refractivity contribution is 7.21. The van der Waals surface area contributed by atoms with Gasteiger partial charge in [-0.1, -0.05) is 29.5 Å². The highest BCUT2D eigenvalue weighted by Gasteiger charge is 2.22. The van der Waals surface area contributed by atoms with Crippen LogP contribution in [0.15, 0.2) is 53.8 Å². The van der Waals surface area contributed by atoms with E-state index >= 15 is 0 Å². The van der Waals surface area contributed by atoms with Crippen molar-refractivity contribution in [3.05, 3.63) is 69.9 Å². The van der Waals surface area contributed by atoms with Crippen molar-refractivity contribution < 1.29 is 4.79 Å². The number of likely N-dealkylation sites (tertiary alicyclic amines) is 1. The van der Waals surface area contributed by atoms with Crippen molar-refractivity contribution in [1.29, 1.82) is 0 Å². The molecule has 1 aromatic carbocycles. The number of rotatable bonds is 6. The molecule has 1 unspecified atom stereocenters. The van der Waals surface area contributed by atoms with Crippen LogP contribution in [-0.4, -0.2) is 51.1 Å². The van der Waals surface area contributed by atoms with Gasteiger partial charge >= 0.3 is 0 Å². The highest BCUT2D eigenvalue weighted by atomic mass is 32.1. The number of nitrogens with one attached hydrogen (secondary N) is 1. The lowest BCUT2D eigenvalue weighted by molar-refractivity contribution is 0.103. The summed E-state index contributed by atoms with van der Waals surface area (Å²) in [6.07, 6.45) is 10.6. The first kappa shape index (κ1) is 25.0. The van der Waals surface area contributed by atoms with E-state index in [1.165, 1.54) is 22.7 Å². The number of thiazole rings is 2. The minimum Gasteiger partial charge on any atom is -0.328 e. The van der Waals surface area contributed by atoms with Crippen molar-refractivity contribution in [2.75, 3.05) is 18.4 Å². The summed E-state index contributed by atoms with van der Waals surface area (Å²) < 4.78 is 0. The summed E-state index contributed by atoms with van der Waals surface area (Å²) >= 11 is 2.97. The number of pyridine rings is 1. The smallest absolute Gasteiger partial charge is 0.267 e. The van der Waals surface area contributed by atoms with Gasteiger partial charge in [-0.05, 0) is 63.0 Å². The Balaban J connectivity index is 1.22. The average molecular weight is 544 g/mol. The molecule has 2 aliphatic heterocycles. The van der Waals surface area contributed by atoms with Crippen LogP contribution in [0.2, 0.25) is 0 Å². The SMILES string of the molecule is Cc1nc(C2C=NC=CC2)sc1C(=O)Nc1ccccc1-c1nc2cc(CN3CCC(N)CC3)cnc2s1. The number of nitrogens with two attached hydrogens (primary N) is 1. The number of fused-ring (bicyclic) bond motifs is 1. The van der Waals surface area contributed by atoms with Crippen LogP contribution in [0.4, 0.5) is 5.69 Å². The summed E-state index contributed by atoms with van der Waals surface area (Å²) in [5, 5.41) is 4.85. The molecule has 1 fully saturated rings. The Morgan fingerprint density at radius 3 is 2.84 bits per heavy atom. The van der Waals surface area contributed by atoms with Crippen LogP contribution in [0.3, 0.4) is 0 Å². The van der Waals surface area contributed by atoms with E-state index in [-0.39, 0.29) is 11.8 Å². The first-order valence-electron chi connectivity index (χ1n) is 12.8. The topological polar surface area (TPSA) is 109 Å². The fraction of sp³-hybridized carbons (Fsp3) is 0.321. The molecular formula is C28H29N7OS2. The van der Waals surface area contributed by atoms with Crippen molar-refractivity contribution in [3.63, 3.8) is 0 Å². The van der Waals surface area contributed by atoms with E-state index in [4.69, 9.17) is 15.7 Å².